The van der Waals surface area contributed by atoms with Crippen LogP contribution in [0, 0.1) is 6.92 Å². The second-order valence-electron chi connectivity index (χ2n) is 11.2. The molecule has 1 heterocycles. The summed E-state index contributed by atoms with van der Waals surface area (Å²) in [6, 6.07) is 40.5. The van der Waals surface area contributed by atoms with E-state index >= 15 is 0 Å². The lowest BCUT2D eigenvalue weighted by molar-refractivity contribution is -0.222. The highest BCUT2D eigenvalue weighted by atomic mass is 16.6. The van der Waals surface area contributed by atoms with E-state index in [0.717, 1.165) is 38.6 Å². The second kappa shape index (κ2) is 14.0. The molecule has 1 N–H and O–H groups in total. The van der Waals surface area contributed by atoms with Crippen LogP contribution in [0.4, 0.5) is 0 Å². The molecule has 2 unspecified atom stereocenters. The highest BCUT2D eigenvalue weighted by Crippen LogP contribution is 2.42. The van der Waals surface area contributed by atoms with Crippen molar-refractivity contribution in [1.29, 1.82) is 0 Å². The Hall–Kier alpha value is -4.00. The lowest BCUT2D eigenvalue weighted by Crippen LogP contribution is -2.50. The van der Waals surface area contributed by atoms with Crippen LogP contribution >= 0.6 is 0 Å². The van der Waals surface area contributed by atoms with Gasteiger partial charge in [0.15, 0.2) is 0 Å². The van der Waals surface area contributed by atoms with Crippen molar-refractivity contribution in [3.05, 3.63) is 149 Å². The Morgan fingerprint density at radius 3 is 1.93 bits per heavy atom. The highest BCUT2D eigenvalue weighted by Gasteiger charge is 2.42. The predicted molar refractivity (Wildman–Crippen MR) is 169 cm³/mol. The largest absolute Gasteiger partial charge is 0.508 e. The van der Waals surface area contributed by atoms with Gasteiger partial charge in [-0.1, -0.05) is 121 Å². The lowest BCUT2D eigenvalue weighted by atomic mass is 9.89. The van der Waals surface area contributed by atoms with Gasteiger partial charge >= 0.3 is 0 Å². The fraction of sp³-hybridized carbons (Fsp3) is 0.263. The maximum atomic E-state index is 11.2. The van der Waals surface area contributed by atoms with Crippen LogP contribution in [0.5, 0.6) is 5.75 Å². The normalized spacial score (nSPS) is 20.3. The van der Waals surface area contributed by atoms with Crippen molar-refractivity contribution in [3.8, 4) is 5.75 Å². The Kier molecular flexibility index (Phi) is 9.46. The van der Waals surface area contributed by atoms with E-state index in [0.29, 0.717) is 32.8 Å². The maximum Gasteiger partial charge on any atom is 0.122 e. The summed E-state index contributed by atoms with van der Waals surface area (Å²) in [7, 11) is 0. The Morgan fingerprint density at radius 2 is 1.28 bits per heavy atom. The number of aryl methyl sites for hydroxylation is 1. The SMILES string of the molecule is Cc1ccc2ccc(O)c([C@H]3C[C@H](OCc4ccccc4)C(OCc4ccccc4)C(COCc4ccccc4)O3)c2c1. The van der Waals surface area contributed by atoms with Crippen molar-refractivity contribution in [2.75, 3.05) is 6.61 Å². The van der Waals surface area contributed by atoms with Crippen molar-refractivity contribution < 1.29 is 24.1 Å². The van der Waals surface area contributed by atoms with Gasteiger partial charge in [0.2, 0.25) is 0 Å². The van der Waals surface area contributed by atoms with Gasteiger partial charge in [-0.05, 0) is 40.5 Å². The molecule has 5 aromatic rings. The van der Waals surface area contributed by atoms with Gasteiger partial charge in [-0.15, -0.1) is 0 Å². The third-order valence-corrected chi connectivity index (χ3v) is 8.02. The molecule has 0 spiro atoms. The average Bonchev–Trinajstić information content (AvgIpc) is 3.04. The van der Waals surface area contributed by atoms with E-state index in [1.54, 1.807) is 6.07 Å². The van der Waals surface area contributed by atoms with Gasteiger partial charge in [0.25, 0.3) is 0 Å². The first-order valence-corrected chi connectivity index (χ1v) is 14.9. The Balaban J connectivity index is 1.32. The van der Waals surface area contributed by atoms with Crippen LogP contribution in [0.2, 0.25) is 0 Å². The summed E-state index contributed by atoms with van der Waals surface area (Å²) in [5.74, 6) is 0.220. The van der Waals surface area contributed by atoms with Crippen molar-refractivity contribution in [3.63, 3.8) is 0 Å². The number of phenols is 1. The third-order valence-electron chi connectivity index (χ3n) is 8.02. The highest BCUT2D eigenvalue weighted by molar-refractivity contribution is 5.88. The summed E-state index contributed by atoms with van der Waals surface area (Å²) in [5.41, 5.74) is 5.17. The van der Waals surface area contributed by atoms with Gasteiger partial charge in [-0.25, -0.2) is 0 Å². The predicted octanol–water partition coefficient (Wildman–Crippen LogP) is 8.07. The molecule has 0 amide bonds. The molecule has 4 atom stereocenters. The Morgan fingerprint density at radius 1 is 0.698 bits per heavy atom. The molecule has 43 heavy (non-hydrogen) atoms. The van der Waals surface area contributed by atoms with Crippen LogP contribution in [0.15, 0.2) is 121 Å². The van der Waals surface area contributed by atoms with Crippen molar-refractivity contribution in [2.24, 2.45) is 0 Å². The van der Waals surface area contributed by atoms with Crippen LogP contribution < -0.4 is 0 Å². The molecule has 5 heteroatoms. The summed E-state index contributed by atoms with van der Waals surface area (Å²) >= 11 is 0. The Bertz CT molecular complexity index is 1580. The van der Waals surface area contributed by atoms with E-state index < -0.39 is 12.2 Å². The minimum Gasteiger partial charge on any atom is -0.508 e. The minimum absolute atomic E-state index is 0.220. The Labute approximate surface area is 253 Å². The first kappa shape index (κ1) is 29.1. The first-order chi connectivity index (χ1) is 21.1. The van der Waals surface area contributed by atoms with Gasteiger partial charge in [0.1, 0.15) is 18.0 Å². The number of phenolic OH excluding ortho intramolecular Hbond substituents is 1. The monoisotopic (exact) mass is 574 g/mol. The van der Waals surface area contributed by atoms with Crippen LogP contribution in [0.1, 0.15) is 40.3 Å². The quantitative estimate of drug-likeness (QED) is 0.173. The van der Waals surface area contributed by atoms with E-state index in [4.69, 9.17) is 18.9 Å². The lowest BCUT2D eigenvalue weighted by Gasteiger charge is -2.42. The summed E-state index contributed by atoms with van der Waals surface area (Å²) < 4.78 is 26.3. The number of ether oxygens (including phenoxy) is 4. The van der Waals surface area contributed by atoms with Crippen molar-refractivity contribution in [2.45, 2.75) is 57.6 Å². The smallest absolute Gasteiger partial charge is 0.122 e. The maximum absolute atomic E-state index is 11.2. The molecular formula is C38H38O5. The van der Waals surface area contributed by atoms with Gasteiger partial charge < -0.3 is 24.1 Å². The van der Waals surface area contributed by atoms with Crippen LogP contribution in [-0.4, -0.2) is 30.0 Å². The van der Waals surface area contributed by atoms with E-state index in [2.05, 4.69) is 61.5 Å². The van der Waals surface area contributed by atoms with Crippen molar-refractivity contribution >= 4 is 10.8 Å². The summed E-state index contributed by atoms with van der Waals surface area (Å²) in [6.45, 7) is 3.72. The van der Waals surface area contributed by atoms with Crippen LogP contribution in [-0.2, 0) is 38.8 Å². The zero-order chi connectivity index (χ0) is 29.4. The molecule has 1 saturated heterocycles. The molecule has 0 radical (unpaired) electrons. The number of aromatic hydroxyl groups is 1. The van der Waals surface area contributed by atoms with Gasteiger partial charge in [-0.3, -0.25) is 0 Å². The average molecular weight is 575 g/mol. The topological polar surface area (TPSA) is 57.2 Å². The van der Waals surface area contributed by atoms with E-state index in [1.165, 1.54) is 0 Å². The van der Waals surface area contributed by atoms with Gasteiger partial charge in [0, 0.05) is 12.0 Å². The van der Waals surface area contributed by atoms with Crippen LogP contribution in [0.3, 0.4) is 0 Å². The van der Waals surface area contributed by atoms with E-state index in [-0.39, 0.29) is 18.0 Å². The number of hydrogen-bond acceptors (Lipinski definition) is 5. The standard InChI is InChI=1S/C38H38O5/c1-27-17-18-31-19-20-33(39)37(32(31)21-27)34-22-35(41-24-29-13-7-3-8-14-29)38(42-25-30-15-9-4-10-16-30)36(43-34)26-40-23-28-11-5-2-6-12-28/h2-21,34-36,38-39H,22-26H2,1H3/t34-,35+,36?,38?/m1/s1. The molecule has 5 aromatic carbocycles. The summed E-state index contributed by atoms with van der Waals surface area (Å²) in [6.07, 6.45) is -0.982. The fourth-order valence-electron chi connectivity index (χ4n) is 5.82. The van der Waals surface area contributed by atoms with Crippen LogP contribution in [0.25, 0.3) is 10.8 Å². The fourth-order valence-corrected chi connectivity index (χ4v) is 5.82. The molecule has 5 nitrogen and oxygen atoms in total. The molecule has 6 rings (SSSR count). The first-order valence-electron chi connectivity index (χ1n) is 14.9. The molecule has 0 aliphatic carbocycles. The molecular weight excluding hydrogens is 536 g/mol. The zero-order valence-corrected chi connectivity index (χ0v) is 24.5. The number of fused-ring (bicyclic) bond motifs is 1. The number of hydrogen-bond donors (Lipinski definition) is 1. The molecule has 1 aliphatic heterocycles. The van der Waals surface area contributed by atoms with Gasteiger partial charge in [-0.2, -0.15) is 0 Å². The zero-order valence-electron chi connectivity index (χ0n) is 24.5. The molecule has 220 valence electrons. The van der Waals surface area contributed by atoms with Crippen molar-refractivity contribution in [1.82, 2.24) is 0 Å². The molecule has 1 fully saturated rings. The third kappa shape index (κ3) is 7.32. The minimum atomic E-state index is -0.425. The second-order valence-corrected chi connectivity index (χ2v) is 11.2. The summed E-state index contributed by atoms with van der Waals surface area (Å²) in [5, 5.41) is 13.2. The molecule has 0 bridgehead atoms. The van der Waals surface area contributed by atoms with Gasteiger partial charge in [0.05, 0.1) is 38.6 Å². The van der Waals surface area contributed by atoms with E-state index in [1.807, 2.05) is 60.7 Å². The molecule has 0 saturated carbocycles. The molecule has 1 aliphatic rings. The number of benzene rings is 5. The number of rotatable bonds is 11. The van der Waals surface area contributed by atoms with E-state index in [9.17, 15) is 5.11 Å². The molecule has 0 aromatic heterocycles. The summed E-state index contributed by atoms with van der Waals surface area (Å²) in [4.78, 5) is 0.